The van der Waals surface area contributed by atoms with E-state index in [0.717, 1.165) is 5.56 Å². The van der Waals surface area contributed by atoms with Crippen LogP contribution in [0.25, 0.3) is 11.1 Å². The lowest BCUT2D eigenvalue weighted by molar-refractivity contribution is -0.143. The zero-order chi connectivity index (χ0) is 22.3. The molecule has 2 aromatic carbocycles. The van der Waals surface area contributed by atoms with Crippen LogP contribution in [0.3, 0.4) is 0 Å². The minimum absolute atomic E-state index is 0.0117. The predicted molar refractivity (Wildman–Crippen MR) is 115 cm³/mol. The molecule has 30 heavy (non-hydrogen) atoms. The Morgan fingerprint density at radius 2 is 1.80 bits per heavy atom. The van der Waals surface area contributed by atoms with Gasteiger partial charge in [-0.1, -0.05) is 35.9 Å². The minimum Gasteiger partial charge on any atom is -0.466 e. The molecular weight excluding hydrogens is 409 g/mol. The van der Waals surface area contributed by atoms with E-state index in [0.29, 0.717) is 22.6 Å². The van der Waals surface area contributed by atoms with Gasteiger partial charge in [-0.15, -0.1) is 0 Å². The maximum atomic E-state index is 14.1. The van der Waals surface area contributed by atoms with E-state index in [9.17, 15) is 14.0 Å². The van der Waals surface area contributed by atoms with Crippen LogP contribution in [-0.4, -0.2) is 30.3 Å². The van der Waals surface area contributed by atoms with Crippen LogP contribution in [-0.2, 0) is 20.7 Å². The zero-order valence-corrected chi connectivity index (χ0v) is 18.4. The van der Waals surface area contributed by atoms with Crippen LogP contribution in [0.2, 0.25) is 5.02 Å². The van der Waals surface area contributed by atoms with Crippen molar-refractivity contribution < 1.29 is 23.5 Å². The summed E-state index contributed by atoms with van der Waals surface area (Å²) in [5.74, 6) is -0.768. The molecule has 2 rings (SSSR count). The van der Waals surface area contributed by atoms with Gasteiger partial charge in [-0.25, -0.2) is 9.18 Å². The molecule has 0 saturated carbocycles. The molecule has 2 aromatic rings. The summed E-state index contributed by atoms with van der Waals surface area (Å²) in [5.41, 5.74) is 1.30. The number of esters is 1. The molecule has 0 aromatic heterocycles. The summed E-state index contributed by atoms with van der Waals surface area (Å²) in [6.45, 7) is 7.28. The van der Waals surface area contributed by atoms with Gasteiger partial charge in [0.2, 0.25) is 0 Å². The van der Waals surface area contributed by atoms with Crippen molar-refractivity contribution in [2.45, 2.75) is 52.2 Å². The number of benzene rings is 2. The van der Waals surface area contributed by atoms with Crippen molar-refractivity contribution in [2.75, 3.05) is 6.61 Å². The van der Waals surface area contributed by atoms with Gasteiger partial charge in [-0.3, -0.25) is 4.79 Å². The highest BCUT2D eigenvalue weighted by molar-refractivity contribution is 6.30. The van der Waals surface area contributed by atoms with Crippen molar-refractivity contribution in [2.24, 2.45) is 0 Å². The Morgan fingerprint density at radius 1 is 1.13 bits per heavy atom. The van der Waals surface area contributed by atoms with Gasteiger partial charge in [0, 0.05) is 16.6 Å². The van der Waals surface area contributed by atoms with E-state index < -0.39 is 23.7 Å². The summed E-state index contributed by atoms with van der Waals surface area (Å²) in [4.78, 5) is 24.1. The normalized spacial score (nSPS) is 12.2. The van der Waals surface area contributed by atoms with Gasteiger partial charge in [0.05, 0.1) is 13.0 Å². The Hall–Kier alpha value is -2.60. The highest BCUT2D eigenvalue weighted by Crippen LogP contribution is 2.26. The Morgan fingerprint density at radius 3 is 2.40 bits per heavy atom. The Bertz CT molecular complexity index is 878. The first-order valence-electron chi connectivity index (χ1n) is 9.77. The number of amides is 1. The Kier molecular flexibility index (Phi) is 8.24. The van der Waals surface area contributed by atoms with Crippen LogP contribution in [0, 0.1) is 5.82 Å². The van der Waals surface area contributed by atoms with Crippen molar-refractivity contribution >= 4 is 23.7 Å². The maximum absolute atomic E-state index is 14.1. The van der Waals surface area contributed by atoms with Crippen LogP contribution in [0.15, 0.2) is 42.5 Å². The molecule has 0 saturated heterocycles. The fraction of sp³-hybridized carbons (Fsp3) is 0.391. The maximum Gasteiger partial charge on any atom is 0.407 e. The number of ether oxygens (including phenoxy) is 2. The molecule has 1 N–H and O–H groups in total. The van der Waals surface area contributed by atoms with Crippen molar-refractivity contribution in [1.82, 2.24) is 5.32 Å². The molecule has 7 heteroatoms. The number of carbonyl (C=O) groups excluding carboxylic acids is 2. The van der Waals surface area contributed by atoms with Gasteiger partial charge in [0.1, 0.15) is 11.4 Å². The zero-order valence-electron chi connectivity index (χ0n) is 17.6. The molecule has 0 unspecified atom stereocenters. The summed E-state index contributed by atoms with van der Waals surface area (Å²) < 4.78 is 24.4. The smallest absolute Gasteiger partial charge is 0.407 e. The molecule has 1 amide bonds. The Balaban J connectivity index is 2.14. The molecule has 0 heterocycles. The van der Waals surface area contributed by atoms with Crippen LogP contribution in [0.1, 0.15) is 39.7 Å². The van der Waals surface area contributed by atoms with Crippen molar-refractivity contribution in [3.8, 4) is 11.1 Å². The number of halogens is 2. The Labute approximate surface area is 181 Å². The SMILES string of the molecule is CCOC(=O)C[C@@H](Cc1ccc(-c2cc(Cl)ccc2F)cc1)NC(=O)OC(C)(C)C. The van der Waals surface area contributed by atoms with E-state index in [-0.39, 0.29) is 18.8 Å². The quantitative estimate of drug-likeness (QED) is 0.580. The lowest BCUT2D eigenvalue weighted by atomic mass is 9.99. The molecule has 0 radical (unpaired) electrons. The fourth-order valence-electron chi connectivity index (χ4n) is 2.89. The number of hydrogen-bond donors (Lipinski definition) is 1. The van der Waals surface area contributed by atoms with Gasteiger partial charge in [-0.2, -0.15) is 0 Å². The van der Waals surface area contributed by atoms with Gasteiger partial charge in [0.25, 0.3) is 0 Å². The average molecular weight is 436 g/mol. The number of hydrogen-bond acceptors (Lipinski definition) is 4. The topological polar surface area (TPSA) is 64.6 Å². The van der Waals surface area contributed by atoms with Gasteiger partial charge in [-0.05, 0) is 63.4 Å². The van der Waals surface area contributed by atoms with Crippen LogP contribution >= 0.6 is 11.6 Å². The predicted octanol–water partition coefficient (Wildman–Crippen LogP) is 5.54. The molecule has 0 spiro atoms. The van der Waals surface area contributed by atoms with E-state index in [1.807, 2.05) is 12.1 Å². The molecule has 1 atom stereocenters. The first-order valence-corrected chi connectivity index (χ1v) is 10.1. The summed E-state index contributed by atoms with van der Waals surface area (Å²) >= 11 is 5.97. The van der Waals surface area contributed by atoms with Crippen molar-refractivity contribution in [3.05, 3.63) is 58.9 Å². The van der Waals surface area contributed by atoms with E-state index in [1.165, 1.54) is 12.1 Å². The number of rotatable bonds is 7. The third kappa shape index (κ3) is 7.67. The van der Waals surface area contributed by atoms with Gasteiger partial charge in [0.15, 0.2) is 0 Å². The molecule has 0 bridgehead atoms. The average Bonchev–Trinajstić information content (AvgIpc) is 2.63. The van der Waals surface area contributed by atoms with Gasteiger partial charge >= 0.3 is 12.1 Å². The van der Waals surface area contributed by atoms with E-state index in [4.69, 9.17) is 21.1 Å². The van der Waals surface area contributed by atoms with Crippen molar-refractivity contribution in [3.63, 3.8) is 0 Å². The molecule has 162 valence electrons. The number of nitrogens with one attached hydrogen (secondary N) is 1. The summed E-state index contributed by atoms with van der Waals surface area (Å²) in [7, 11) is 0. The highest BCUT2D eigenvalue weighted by Gasteiger charge is 2.22. The first kappa shape index (κ1) is 23.7. The summed E-state index contributed by atoms with van der Waals surface area (Å²) in [6.07, 6.45) is -0.205. The van der Waals surface area contributed by atoms with Crippen LogP contribution in [0.5, 0.6) is 0 Å². The third-order valence-electron chi connectivity index (χ3n) is 4.11. The third-order valence-corrected chi connectivity index (χ3v) is 4.35. The van der Waals surface area contributed by atoms with E-state index in [2.05, 4.69) is 5.32 Å². The molecule has 0 aliphatic heterocycles. The lowest BCUT2D eigenvalue weighted by Gasteiger charge is -2.23. The second-order valence-corrected chi connectivity index (χ2v) is 8.31. The van der Waals surface area contributed by atoms with E-state index in [1.54, 1.807) is 45.9 Å². The monoisotopic (exact) mass is 435 g/mol. The largest absolute Gasteiger partial charge is 0.466 e. The standard InChI is InChI=1S/C23H27ClFNO4/c1-5-29-21(27)14-18(26-22(28)30-23(2,3)4)12-15-6-8-16(9-7-15)19-13-17(24)10-11-20(19)25/h6-11,13,18H,5,12,14H2,1-4H3,(H,26,28)/t18-/m1/s1. The number of carbonyl (C=O) groups is 2. The molecular formula is C23H27ClFNO4. The molecule has 0 aliphatic carbocycles. The summed E-state index contributed by atoms with van der Waals surface area (Å²) in [5, 5.41) is 3.19. The number of alkyl carbamates (subject to hydrolysis) is 1. The van der Waals surface area contributed by atoms with Gasteiger partial charge < -0.3 is 14.8 Å². The molecule has 5 nitrogen and oxygen atoms in total. The van der Waals surface area contributed by atoms with Crippen LogP contribution < -0.4 is 5.32 Å². The second-order valence-electron chi connectivity index (χ2n) is 7.88. The molecule has 0 aliphatic rings. The summed E-state index contributed by atoms with van der Waals surface area (Å²) in [6, 6.07) is 11.1. The first-order chi connectivity index (χ1) is 14.1. The van der Waals surface area contributed by atoms with E-state index >= 15 is 0 Å². The molecule has 0 fully saturated rings. The fourth-order valence-corrected chi connectivity index (χ4v) is 3.07. The second kappa shape index (κ2) is 10.4. The minimum atomic E-state index is -0.652. The highest BCUT2D eigenvalue weighted by atomic mass is 35.5. The lowest BCUT2D eigenvalue weighted by Crippen LogP contribution is -2.41. The van der Waals surface area contributed by atoms with Crippen molar-refractivity contribution in [1.29, 1.82) is 0 Å². The van der Waals surface area contributed by atoms with Crippen LogP contribution in [0.4, 0.5) is 9.18 Å².